The summed E-state index contributed by atoms with van der Waals surface area (Å²) < 4.78 is 12.9. The molecule has 1 aliphatic rings. The third kappa shape index (κ3) is 2.57. The highest BCUT2D eigenvalue weighted by Gasteiger charge is 2.30. The molecule has 0 aromatic heterocycles. The van der Waals surface area contributed by atoms with Gasteiger partial charge in [0.1, 0.15) is 5.82 Å². The molecule has 1 aromatic rings. The molecule has 0 radical (unpaired) electrons. The van der Waals surface area contributed by atoms with Gasteiger partial charge in [-0.05, 0) is 24.6 Å². The van der Waals surface area contributed by atoms with Gasteiger partial charge >= 0.3 is 12.0 Å². The zero-order chi connectivity index (χ0) is 14.0. The van der Waals surface area contributed by atoms with Crippen molar-refractivity contribution < 1.29 is 19.1 Å². The number of halogens is 1. The molecule has 2 N–H and O–H groups in total. The zero-order valence-corrected chi connectivity index (χ0v) is 10.3. The van der Waals surface area contributed by atoms with Crippen molar-refractivity contribution in [3.63, 3.8) is 0 Å². The summed E-state index contributed by atoms with van der Waals surface area (Å²) in [5, 5.41) is 11.8. The first-order chi connectivity index (χ1) is 9.02. The maximum absolute atomic E-state index is 12.9. The van der Waals surface area contributed by atoms with Crippen LogP contribution in [0.4, 0.5) is 9.18 Å². The van der Waals surface area contributed by atoms with Gasteiger partial charge in [-0.1, -0.05) is 12.1 Å². The number of urea groups is 1. The minimum atomic E-state index is -1.12. The van der Waals surface area contributed by atoms with Crippen LogP contribution in [0.25, 0.3) is 0 Å². The minimum absolute atomic E-state index is 0.0491. The zero-order valence-electron chi connectivity index (χ0n) is 10.3. The fourth-order valence-electron chi connectivity index (χ4n) is 1.92. The van der Waals surface area contributed by atoms with Crippen LogP contribution in [0.2, 0.25) is 0 Å². The van der Waals surface area contributed by atoms with Crippen LogP contribution in [0, 0.1) is 5.82 Å². The molecule has 1 atom stereocenters. The fourth-order valence-corrected chi connectivity index (χ4v) is 1.92. The lowest BCUT2D eigenvalue weighted by Gasteiger charge is -2.30. The second-order valence-corrected chi connectivity index (χ2v) is 4.11. The summed E-state index contributed by atoms with van der Waals surface area (Å²) in [6.07, 6.45) is 1.31. The summed E-state index contributed by atoms with van der Waals surface area (Å²) in [6, 6.07) is 4.23. The van der Waals surface area contributed by atoms with E-state index < -0.39 is 17.8 Å². The van der Waals surface area contributed by atoms with E-state index in [1.165, 1.54) is 35.4 Å². The van der Waals surface area contributed by atoms with Crippen LogP contribution in [0.5, 0.6) is 0 Å². The molecule has 0 saturated heterocycles. The number of hydrogen-bond donors (Lipinski definition) is 2. The number of benzene rings is 1. The average Bonchev–Trinajstić information content (AvgIpc) is 2.39. The van der Waals surface area contributed by atoms with E-state index in [0.717, 1.165) is 0 Å². The molecule has 0 fully saturated rings. The Bertz CT molecular complexity index is 539. The van der Waals surface area contributed by atoms with E-state index in [1.54, 1.807) is 6.92 Å². The first kappa shape index (κ1) is 13.1. The smallest absolute Gasteiger partial charge is 0.335 e. The molecule has 0 aliphatic carbocycles. The average molecular weight is 264 g/mol. The van der Waals surface area contributed by atoms with Crippen LogP contribution in [0.15, 0.2) is 36.0 Å². The van der Waals surface area contributed by atoms with E-state index in [-0.39, 0.29) is 11.6 Å². The van der Waals surface area contributed by atoms with Gasteiger partial charge in [0, 0.05) is 12.7 Å². The molecule has 1 aliphatic heterocycles. The highest BCUT2D eigenvalue weighted by molar-refractivity contribution is 5.92. The van der Waals surface area contributed by atoms with Crippen LogP contribution in [0.3, 0.4) is 0 Å². The Morgan fingerprint density at radius 2 is 2.05 bits per heavy atom. The number of aliphatic carboxylic acids is 1. The first-order valence-electron chi connectivity index (χ1n) is 5.80. The van der Waals surface area contributed by atoms with Crippen molar-refractivity contribution in [3.8, 4) is 0 Å². The maximum atomic E-state index is 12.9. The molecule has 1 aromatic carbocycles. The molecule has 0 saturated carbocycles. The predicted octanol–water partition coefficient (Wildman–Crippen LogP) is 1.88. The van der Waals surface area contributed by atoms with Gasteiger partial charge in [0.2, 0.25) is 0 Å². The number of carbonyl (C=O) groups is 2. The van der Waals surface area contributed by atoms with Crippen LogP contribution in [-0.2, 0) is 4.79 Å². The van der Waals surface area contributed by atoms with Crippen molar-refractivity contribution in [1.82, 2.24) is 10.2 Å². The molecule has 0 bridgehead atoms. The quantitative estimate of drug-likeness (QED) is 0.875. The molecule has 6 heteroatoms. The van der Waals surface area contributed by atoms with Crippen LogP contribution >= 0.6 is 0 Å². The van der Waals surface area contributed by atoms with Crippen molar-refractivity contribution in [2.45, 2.75) is 13.0 Å². The van der Waals surface area contributed by atoms with Gasteiger partial charge < -0.3 is 15.3 Å². The van der Waals surface area contributed by atoms with Gasteiger partial charge in [-0.2, -0.15) is 0 Å². The molecule has 100 valence electrons. The maximum Gasteiger partial charge on any atom is 0.335 e. The number of nitrogens with zero attached hydrogens (tertiary/aromatic N) is 1. The number of rotatable bonds is 3. The topological polar surface area (TPSA) is 69.6 Å². The lowest BCUT2D eigenvalue weighted by Crippen LogP contribution is -2.45. The standard InChI is InChI=1S/C13H13FN2O3/c1-2-16-7-10(12(17)18)11(15-13(16)19)8-3-5-9(14)6-4-8/h3-7,11H,2H2,1H3,(H,15,19)(H,17,18). The number of hydrogen-bond acceptors (Lipinski definition) is 2. The van der Waals surface area contributed by atoms with E-state index in [2.05, 4.69) is 5.32 Å². The minimum Gasteiger partial charge on any atom is -0.478 e. The number of amides is 2. The van der Waals surface area contributed by atoms with Crippen molar-refractivity contribution >= 4 is 12.0 Å². The Morgan fingerprint density at radius 1 is 1.42 bits per heavy atom. The van der Waals surface area contributed by atoms with Crippen LogP contribution in [0.1, 0.15) is 18.5 Å². The highest BCUT2D eigenvalue weighted by Crippen LogP contribution is 2.26. The Balaban J connectivity index is 2.41. The van der Waals surface area contributed by atoms with Crippen molar-refractivity contribution in [2.24, 2.45) is 0 Å². The number of carboxylic acid groups (broad SMARTS) is 1. The second kappa shape index (κ2) is 5.09. The largest absolute Gasteiger partial charge is 0.478 e. The van der Waals surface area contributed by atoms with Crippen molar-refractivity contribution in [1.29, 1.82) is 0 Å². The van der Waals surface area contributed by atoms with E-state index in [4.69, 9.17) is 0 Å². The summed E-state index contributed by atoms with van der Waals surface area (Å²) >= 11 is 0. The van der Waals surface area contributed by atoms with E-state index in [9.17, 15) is 19.1 Å². The molecule has 2 amide bonds. The van der Waals surface area contributed by atoms with E-state index >= 15 is 0 Å². The Hall–Kier alpha value is -2.37. The lowest BCUT2D eigenvalue weighted by molar-refractivity contribution is -0.133. The number of carboxylic acids is 1. The van der Waals surface area contributed by atoms with Gasteiger partial charge in [0.15, 0.2) is 0 Å². The van der Waals surface area contributed by atoms with Crippen molar-refractivity contribution in [3.05, 3.63) is 47.4 Å². The van der Waals surface area contributed by atoms with Gasteiger partial charge in [-0.3, -0.25) is 0 Å². The third-order valence-corrected chi connectivity index (χ3v) is 2.93. The second-order valence-electron chi connectivity index (χ2n) is 4.11. The molecule has 1 unspecified atom stereocenters. The Labute approximate surface area is 109 Å². The highest BCUT2D eigenvalue weighted by atomic mass is 19.1. The normalized spacial score (nSPS) is 18.8. The van der Waals surface area contributed by atoms with Gasteiger partial charge in [-0.15, -0.1) is 0 Å². The fraction of sp³-hybridized carbons (Fsp3) is 0.231. The van der Waals surface area contributed by atoms with Crippen LogP contribution < -0.4 is 5.32 Å². The van der Waals surface area contributed by atoms with Crippen LogP contribution in [-0.4, -0.2) is 28.6 Å². The SMILES string of the molecule is CCN1C=C(C(=O)O)C(c2ccc(F)cc2)NC1=O. The molecule has 5 nitrogen and oxygen atoms in total. The van der Waals surface area contributed by atoms with E-state index in [1.807, 2.05) is 0 Å². The molecule has 1 heterocycles. The molecular formula is C13H13FN2O3. The summed E-state index contributed by atoms with van der Waals surface area (Å²) in [7, 11) is 0. The summed E-state index contributed by atoms with van der Waals surface area (Å²) in [5.41, 5.74) is 0.576. The molecule has 19 heavy (non-hydrogen) atoms. The Morgan fingerprint density at radius 3 is 2.58 bits per heavy atom. The summed E-state index contributed by atoms with van der Waals surface area (Å²) in [6.45, 7) is 2.12. The lowest BCUT2D eigenvalue weighted by atomic mass is 9.98. The number of nitrogens with one attached hydrogen (secondary N) is 1. The third-order valence-electron chi connectivity index (χ3n) is 2.93. The molecule has 2 rings (SSSR count). The number of carbonyl (C=O) groups excluding carboxylic acids is 1. The van der Waals surface area contributed by atoms with Gasteiger partial charge in [0.05, 0.1) is 11.6 Å². The first-order valence-corrected chi connectivity index (χ1v) is 5.80. The van der Waals surface area contributed by atoms with E-state index in [0.29, 0.717) is 12.1 Å². The van der Waals surface area contributed by atoms with Crippen molar-refractivity contribution in [2.75, 3.05) is 6.54 Å². The summed E-state index contributed by atoms with van der Waals surface area (Å²) in [4.78, 5) is 24.3. The summed E-state index contributed by atoms with van der Waals surface area (Å²) in [5.74, 6) is -1.53. The Kier molecular flexibility index (Phi) is 3.50. The monoisotopic (exact) mass is 264 g/mol. The molecule has 0 spiro atoms. The van der Waals surface area contributed by atoms with Gasteiger partial charge in [-0.25, -0.2) is 14.0 Å². The van der Waals surface area contributed by atoms with Gasteiger partial charge in [0.25, 0.3) is 0 Å². The predicted molar refractivity (Wildman–Crippen MR) is 65.8 cm³/mol. The molecular weight excluding hydrogens is 251 g/mol.